The quantitative estimate of drug-likeness (QED) is 0.581. The van der Waals surface area contributed by atoms with Crippen molar-refractivity contribution in [1.82, 2.24) is 15.1 Å². The third kappa shape index (κ3) is 4.24. The third-order valence-electron chi connectivity index (χ3n) is 3.74. The Hall–Kier alpha value is -3.23. The lowest BCUT2D eigenvalue weighted by atomic mass is 10.1. The first kappa shape index (κ1) is 19.1. The number of hydrogen-bond donors (Lipinski definition) is 2. The Morgan fingerprint density at radius 3 is 2.58 bits per heavy atom. The normalized spacial score (nSPS) is 10.4. The number of rotatable bonds is 7. The first-order valence-electron chi connectivity index (χ1n) is 8.29. The number of carbonyl (C=O) groups is 2. The van der Waals surface area contributed by atoms with Gasteiger partial charge >= 0.3 is 0 Å². The molecule has 9 heteroatoms. The van der Waals surface area contributed by atoms with E-state index in [-0.39, 0.29) is 22.9 Å². The molecule has 138 valence electrons. The maximum Gasteiger partial charge on any atom is 0.273 e. The summed E-state index contributed by atoms with van der Waals surface area (Å²) in [5.41, 5.74) is 1.01. The summed E-state index contributed by atoms with van der Waals surface area (Å²) in [4.78, 5) is 35.1. The van der Waals surface area contributed by atoms with Crippen LogP contribution in [0.3, 0.4) is 0 Å². The SMILES string of the molecule is CCCNC(=O)c1nn(CC)cc1NC(=O)c1ccc([N+](=O)[O-])c(C)c1. The summed E-state index contributed by atoms with van der Waals surface area (Å²) in [6.07, 6.45) is 2.36. The van der Waals surface area contributed by atoms with Crippen LogP contribution < -0.4 is 10.6 Å². The summed E-state index contributed by atoms with van der Waals surface area (Å²) in [7, 11) is 0. The largest absolute Gasteiger partial charge is 0.351 e. The summed E-state index contributed by atoms with van der Waals surface area (Å²) >= 11 is 0. The fourth-order valence-electron chi connectivity index (χ4n) is 2.36. The molecule has 0 atom stereocenters. The zero-order valence-corrected chi connectivity index (χ0v) is 14.9. The molecule has 0 bridgehead atoms. The number of nitro groups is 1. The highest BCUT2D eigenvalue weighted by atomic mass is 16.6. The van der Waals surface area contributed by atoms with E-state index >= 15 is 0 Å². The van der Waals surface area contributed by atoms with E-state index in [1.807, 2.05) is 13.8 Å². The Balaban J connectivity index is 2.25. The summed E-state index contributed by atoms with van der Waals surface area (Å²) in [5.74, 6) is -0.836. The molecule has 0 saturated heterocycles. The van der Waals surface area contributed by atoms with Gasteiger partial charge in [-0.15, -0.1) is 0 Å². The molecule has 1 heterocycles. The van der Waals surface area contributed by atoms with Crippen molar-refractivity contribution in [1.29, 1.82) is 0 Å². The molecule has 2 N–H and O–H groups in total. The predicted molar refractivity (Wildman–Crippen MR) is 96.3 cm³/mol. The van der Waals surface area contributed by atoms with Crippen LogP contribution in [0.1, 0.15) is 46.7 Å². The minimum atomic E-state index is -0.502. The molecule has 0 spiro atoms. The molecule has 1 aromatic heterocycles. The highest BCUT2D eigenvalue weighted by Gasteiger charge is 2.20. The van der Waals surface area contributed by atoms with Crippen molar-refractivity contribution in [3.8, 4) is 0 Å². The molecule has 0 aliphatic carbocycles. The lowest BCUT2D eigenvalue weighted by molar-refractivity contribution is -0.385. The number of hydrogen-bond acceptors (Lipinski definition) is 5. The Labute approximate surface area is 150 Å². The molecule has 0 fully saturated rings. The highest BCUT2D eigenvalue weighted by Crippen LogP contribution is 2.20. The molecule has 0 radical (unpaired) electrons. The Bertz CT molecular complexity index is 844. The number of aryl methyl sites for hydroxylation is 2. The molecule has 9 nitrogen and oxygen atoms in total. The molecule has 26 heavy (non-hydrogen) atoms. The fraction of sp³-hybridized carbons (Fsp3) is 0.353. The molecular formula is C17H21N5O4. The van der Waals surface area contributed by atoms with E-state index in [4.69, 9.17) is 0 Å². The first-order chi connectivity index (χ1) is 12.4. The van der Waals surface area contributed by atoms with Gasteiger partial charge in [0.05, 0.1) is 10.6 Å². The number of anilines is 1. The lowest BCUT2D eigenvalue weighted by Gasteiger charge is -2.07. The number of benzene rings is 1. The van der Waals surface area contributed by atoms with Gasteiger partial charge in [-0.05, 0) is 32.4 Å². The van der Waals surface area contributed by atoms with Crippen LogP contribution in [0.4, 0.5) is 11.4 Å². The minimum absolute atomic E-state index is 0.0556. The van der Waals surface area contributed by atoms with Gasteiger partial charge in [0.2, 0.25) is 0 Å². The van der Waals surface area contributed by atoms with Gasteiger partial charge in [-0.2, -0.15) is 5.10 Å². The summed E-state index contributed by atoms with van der Waals surface area (Å²) in [5, 5.41) is 20.5. The second-order valence-electron chi connectivity index (χ2n) is 5.72. The number of carbonyl (C=O) groups excluding carboxylic acids is 2. The van der Waals surface area contributed by atoms with Crippen LogP contribution in [0, 0.1) is 17.0 Å². The van der Waals surface area contributed by atoms with Gasteiger partial charge in [0.15, 0.2) is 5.69 Å². The molecule has 0 aliphatic rings. The standard InChI is InChI=1S/C17H21N5O4/c1-4-8-18-17(24)15-13(10-21(5-2)20-15)19-16(23)12-6-7-14(22(25)26)11(3)9-12/h6-7,9-10H,4-5,8H2,1-3H3,(H,18,24)(H,19,23). The van der Waals surface area contributed by atoms with Gasteiger partial charge in [0, 0.05) is 36.5 Å². The van der Waals surface area contributed by atoms with Gasteiger partial charge in [-0.25, -0.2) is 0 Å². The van der Waals surface area contributed by atoms with Gasteiger partial charge in [0.25, 0.3) is 17.5 Å². The lowest BCUT2D eigenvalue weighted by Crippen LogP contribution is -2.26. The zero-order valence-electron chi connectivity index (χ0n) is 14.9. The second kappa shape index (κ2) is 8.24. The third-order valence-corrected chi connectivity index (χ3v) is 3.74. The molecule has 2 aromatic rings. The van der Waals surface area contributed by atoms with E-state index in [9.17, 15) is 19.7 Å². The maximum atomic E-state index is 12.5. The molecule has 2 amide bonds. The Morgan fingerprint density at radius 1 is 1.27 bits per heavy atom. The van der Waals surface area contributed by atoms with E-state index in [1.165, 1.54) is 18.2 Å². The fourth-order valence-corrected chi connectivity index (χ4v) is 2.36. The van der Waals surface area contributed by atoms with E-state index in [0.29, 0.717) is 24.3 Å². The van der Waals surface area contributed by atoms with Crippen molar-refractivity contribution in [3.63, 3.8) is 0 Å². The first-order valence-corrected chi connectivity index (χ1v) is 8.29. The second-order valence-corrected chi connectivity index (χ2v) is 5.72. The molecule has 1 aromatic carbocycles. The molecule has 0 aliphatic heterocycles. The van der Waals surface area contributed by atoms with Gasteiger partial charge in [-0.1, -0.05) is 6.92 Å². The monoisotopic (exact) mass is 359 g/mol. The van der Waals surface area contributed by atoms with E-state index in [0.717, 1.165) is 6.42 Å². The highest BCUT2D eigenvalue weighted by molar-refractivity contribution is 6.08. The average Bonchev–Trinajstić information content (AvgIpc) is 3.02. The van der Waals surface area contributed by atoms with Crippen LogP contribution in [0.2, 0.25) is 0 Å². The van der Waals surface area contributed by atoms with Crippen molar-refractivity contribution in [3.05, 3.63) is 51.3 Å². The predicted octanol–water partition coefficient (Wildman–Crippen LogP) is 2.51. The van der Waals surface area contributed by atoms with Gasteiger partial charge < -0.3 is 10.6 Å². The minimum Gasteiger partial charge on any atom is -0.351 e. The Kier molecular flexibility index (Phi) is 6.05. The molecular weight excluding hydrogens is 338 g/mol. The van der Waals surface area contributed by atoms with E-state index in [1.54, 1.807) is 17.8 Å². The van der Waals surface area contributed by atoms with Gasteiger partial charge in [-0.3, -0.25) is 24.4 Å². The van der Waals surface area contributed by atoms with Crippen LogP contribution in [0.5, 0.6) is 0 Å². The average molecular weight is 359 g/mol. The number of nitrogens with one attached hydrogen (secondary N) is 2. The molecule has 0 saturated carbocycles. The summed E-state index contributed by atoms with van der Waals surface area (Å²) in [6, 6.07) is 4.10. The number of nitro benzene ring substituents is 1. The van der Waals surface area contributed by atoms with Crippen molar-refractivity contribution < 1.29 is 14.5 Å². The van der Waals surface area contributed by atoms with Crippen LogP contribution in [0.15, 0.2) is 24.4 Å². The van der Waals surface area contributed by atoms with Crippen molar-refractivity contribution >= 4 is 23.2 Å². The maximum absolute atomic E-state index is 12.5. The van der Waals surface area contributed by atoms with Crippen molar-refractivity contribution in [2.45, 2.75) is 33.7 Å². The van der Waals surface area contributed by atoms with E-state index in [2.05, 4.69) is 15.7 Å². The number of nitrogens with zero attached hydrogens (tertiary/aromatic N) is 3. The van der Waals surface area contributed by atoms with E-state index < -0.39 is 10.8 Å². The molecule has 0 unspecified atom stereocenters. The number of aromatic nitrogens is 2. The topological polar surface area (TPSA) is 119 Å². The van der Waals surface area contributed by atoms with Crippen LogP contribution in [-0.4, -0.2) is 33.1 Å². The molecule has 2 rings (SSSR count). The van der Waals surface area contributed by atoms with Crippen LogP contribution >= 0.6 is 0 Å². The summed E-state index contributed by atoms with van der Waals surface area (Å²) < 4.78 is 1.55. The number of amides is 2. The summed E-state index contributed by atoms with van der Waals surface area (Å²) in [6.45, 7) is 6.41. The zero-order chi connectivity index (χ0) is 19.3. The van der Waals surface area contributed by atoms with Crippen molar-refractivity contribution in [2.24, 2.45) is 0 Å². The smallest absolute Gasteiger partial charge is 0.273 e. The van der Waals surface area contributed by atoms with Gasteiger partial charge in [0.1, 0.15) is 0 Å². The van der Waals surface area contributed by atoms with Crippen molar-refractivity contribution in [2.75, 3.05) is 11.9 Å². The van der Waals surface area contributed by atoms with Crippen LogP contribution in [-0.2, 0) is 6.54 Å². The van der Waals surface area contributed by atoms with Crippen LogP contribution in [0.25, 0.3) is 0 Å². The Morgan fingerprint density at radius 2 is 2.00 bits per heavy atom.